The Bertz CT molecular complexity index is 1200. The average Bonchev–Trinajstić information content (AvgIpc) is 3.12. The zero-order valence-corrected chi connectivity index (χ0v) is 18.3. The third-order valence-electron chi connectivity index (χ3n) is 4.09. The first-order valence-corrected chi connectivity index (χ1v) is 13.5. The molecule has 0 aliphatic carbocycles. The molecule has 9 N–H and O–H groups in total. The number of aliphatic hydroxyl groups is 1. The van der Waals surface area contributed by atoms with Crippen molar-refractivity contribution >= 4 is 40.1 Å². The summed E-state index contributed by atoms with van der Waals surface area (Å²) in [5.41, 5.74) is 4.38. The summed E-state index contributed by atoms with van der Waals surface area (Å²) in [5, 5.41) is 10.7. The quantitative estimate of drug-likeness (QED) is 0.171. The highest BCUT2D eigenvalue weighted by Gasteiger charge is 2.50. The normalized spacial score (nSPS) is 26.4. The Labute approximate surface area is 176 Å². The predicted molar refractivity (Wildman–Crippen MR) is 102 cm³/mol. The maximum atomic E-state index is 12.2. The average molecular weight is 521 g/mol. The van der Waals surface area contributed by atoms with Gasteiger partial charge < -0.3 is 40.0 Å². The molecule has 0 aromatic carbocycles. The highest BCUT2D eigenvalue weighted by molar-refractivity contribution is 7.70. The molecular formula is C11H18N5O13P3. The SMILES string of the molecule is Nc1nc2c(ncn2[C@@H]2O[C@H](COP(=O)(O)O)[C@@H](OP(=O)(O)CP(=O)(O)O)[C@H]2O)c(=O)[nH]1. The van der Waals surface area contributed by atoms with Gasteiger partial charge in [0.2, 0.25) is 5.95 Å². The summed E-state index contributed by atoms with van der Waals surface area (Å²) in [7, 11) is -15.1. The summed E-state index contributed by atoms with van der Waals surface area (Å²) in [5.74, 6) is -1.91. The number of phosphoric ester groups is 1. The number of imidazole rings is 1. The van der Waals surface area contributed by atoms with E-state index in [0.29, 0.717) is 0 Å². The number of aliphatic hydroxyl groups excluding tert-OH is 1. The van der Waals surface area contributed by atoms with E-state index in [1.165, 1.54) is 0 Å². The van der Waals surface area contributed by atoms with Crippen molar-refractivity contribution in [3.05, 3.63) is 16.7 Å². The maximum absolute atomic E-state index is 12.2. The van der Waals surface area contributed by atoms with Crippen LogP contribution in [0.4, 0.5) is 5.95 Å². The van der Waals surface area contributed by atoms with Crippen molar-refractivity contribution in [1.29, 1.82) is 0 Å². The maximum Gasteiger partial charge on any atom is 0.469 e. The minimum Gasteiger partial charge on any atom is -0.386 e. The molecule has 5 atom stereocenters. The summed E-state index contributed by atoms with van der Waals surface area (Å²) in [6.07, 6.45) is -5.88. The number of nitrogens with zero attached hydrogens (tertiary/aromatic N) is 3. The molecule has 1 fully saturated rings. The van der Waals surface area contributed by atoms with E-state index in [1.807, 2.05) is 0 Å². The van der Waals surface area contributed by atoms with E-state index in [9.17, 15) is 28.5 Å². The molecule has 0 saturated carbocycles. The van der Waals surface area contributed by atoms with Crippen LogP contribution in [0.1, 0.15) is 6.23 Å². The Kier molecular flexibility index (Phi) is 6.81. The number of nitrogens with one attached hydrogen (secondary N) is 1. The topological polar surface area (TPSA) is 290 Å². The standard InChI is InChI=1S/C11H18N5O13P3/c12-11-14-8-5(9(18)15-11)13-2-16(8)10-6(17)7(4(28-10)1-27-32(24,25)26)29-31(22,23)3-30(19,20)21/h2,4,6-7,10,17H,1,3H2,(H,22,23)(H2,19,20,21)(H2,24,25,26)(H3,12,14,15,18)/t4-,6-,7-,10-/m1/s1. The van der Waals surface area contributed by atoms with Crippen molar-refractivity contribution in [3.63, 3.8) is 0 Å². The lowest BCUT2D eigenvalue weighted by Crippen LogP contribution is -2.36. The number of H-pyrrole nitrogens is 1. The van der Waals surface area contributed by atoms with E-state index in [-0.39, 0.29) is 17.1 Å². The van der Waals surface area contributed by atoms with Crippen LogP contribution < -0.4 is 11.3 Å². The van der Waals surface area contributed by atoms with Gasteiger partial charge in [-0.25, -0.2) is 9.55 Å². The van der Waals surface area contributed by atoms with Crippen molar-refractivity contribution in [2.45, 2.75) is 24.5 Å². The number of hydrogen-bond donors (Lipinski definition) is 8. The smallest absolute Gasteiger partial charge is 0.386 e. The second-order valence-electron chi connectivity index (χ2n) is 6.63. The van der Waals surface area contributed by atoms with Crippen molar-refractivity contribution in [2.75, 3.05) is 18.2 Å². The van der Waals surface area contributed by atoms with Crippen LogP contribution in [0.15, 0.2) is 11.1 Å². The Balaban J connectivity index is 1.96. The van der Waals surface area contributed by atoms with Gasteiger partial charge in [0, 0.05) is 0 Å². The molecule has 1 unspecified atom stereocenters. The molecule has 1 aliphatic rings. The second-order valence-corrected chi connectivity index (χ2v) is 11.8. The van der Waals surface area contributed by atoms with Crippen molar-refractivity contribution in [2.24, 2.45) is 0 Å². The van der Waals surface area contributed by atoms with Gasteiger partial charge in [-0.05, 0) is 0 Å². The van der Waals surface area contributed by atoms with Gasteiger partial charge in [-0.3, -0.25) is 32.5 Å². The molecule has 2 aromatic heterocycles. The van der Waals surface area contributed by atoms with Crippen LogP contribution in [0.3, 0.4) is 0 Å². The van der Waals surface area contributed by atoms with E-state index < -0.39 is 65.6 Å². The summed E-state index contributed by atoms with van der Waals surface area (Å²) < 4.78 is 49.9. The molecule has 21 heteroatoms. The van der Waals surface area contributed by atoms with E-state index in [1.54, 1.807) is 0 Å². The Morgan fingerprint density at radius 1 is 1.22 bits per heavy atom. The van der Waals surface area contributed by atoms with Crippen LogP contribution in [0.2, 0.25) is 0 Å². The molecule has 2 aromatic rings. The number of hydrogen-bond acceptors (Lipinski definition) is 11. The molecule has 0 radical (unpaired) electrons. The highest BCUT2D eigenvalue weighted by Crippen LogP contribution is 2.57. The zero-order valence-electron chi connectivity index (χ0n) is 15.6. The molecular weight excluding hydrogens is 503 g/mol. The summed E-state index contributed by atoms with van der Waals surface area (Å²) in [6, 6.07) is 0. The number of ether oxygens (including phenoxy) is 1. The van der Waals surface area contributed by atoms with Crippen molar-refractivity contribution in [1.82, 2.24) is 19.5 Å². The molecule has 0 spiro atoms. The van der Waals surface area contributed by atoms with Gasteiger partial charge in [-0.1, -0.05) is 0 Å². The molecule has 1 saturated heterocycles. The number of aromatic amines is 1. The molecule has 32 heavy (non-hydrogen) atoms. The van der Waals surface area contributed by atoms with Crippen LogP contribution in [0.25, 0.3) is 11.2 Å². The van der Waals surface area contributed by atoms with Gasteiger partial charge in [0.1, 0.15) is 18.3 Å². The lowest BCUT2D eigenvalue weighted by atomic mass is 10.1. The number of aromatic nitrogens is 4. The lowest BCUT2D eigenvalue weighted by molar-refractivity contribution is -0.0498. The molecule has 3 rings (SSSR count). The Morgan fingerprint density at radius 2 is 1.88 bits per heavy atom. The minimum absolute atomic E-state index is 0.173. The first-order chi connectivity index (χ1) is 14.6. The summed E-state index contributed by atoms with van der Waals surface area (Å²) >= 11 is 0. The van der Waals surface area contributed by atoms with Crippen LogP contribution in [-0.2, 0) is 27.5 Å². The summed E-state index contributed by atoms with van der Waals surface area (Å²) in [4.78, 5) is 67.4. The molecule has 0 amide bonds. The van der Waals surface area contributed by atoms with Crippen molar-refractivity contribution in [3.8, 4) is 0 Å². The number of anilines is 1. The van der Waals surface area contributed by atoms with Gasteiger partial charge in [0.25, 0.3) is 5.56 Å². The van der Waals surface area contributed by atoms with Gasteiger partial charge in [0.15, 0.2) is 23.3 Å². The summed E-state index contributed by atoms with van der Waals surface area (Å²) in [6.45, 7) is -0.957. The first kappa shape index (κ1) is 25.1. The number of rotatable bonds is 8. The van der Waals surface area contributed by atoms with E-state index in [2.05, 4.69) is 19.5 Å². The third-order valence-corrected chi connectivity index (χ3v) is 8.05. The molecule has 1 aliphatic heterocycles. The number of phosphoric acid groups is 1. The van der Waals surface area contributed by atoms with Gasteiger partial charge in [-0.15, -0.1) is 0 Å². The fourth-order valence-corrected chi connectivity index (χ4v) is 6.08. The fourth-order valence-electron chi connectivity index (χ4n) is 2.97. The second kappa shape index (κ2) is 8.68. The first-order valence-electron chi connectivity index (χ1n) is 8.37. The monoisotopic (exact) mass is 521 g/mol. The molecule has 3 heterocycles. The predicted octanol–water partition coefficient (Wildman–Crippen LogP) is -2.22. The molecule has 0 bridgehead atoms. The number of fused-ring (bicyclic) bond motifs is 1. The van der Waals surface area contributed by atoms with E-state index >= 15 is 0 Å². The molecule has 18 nitrogen and oxygen atoms in total. The number of nitrogens with two attached hydrogens (primary N) is 1. The van der Waals surface area contributed by atoms with Crippen LogP contribution in [-0.4, -0.2) is 79.9 Å². The minimum atomic E-state index is -5.05. The van der Waals surface area contributed by atoms with Crippen LogP contribution in [0, 0.1) is 0 Å². The Hall–Kier alpha value is -1.52. The van der Waals surface area contributed by atoms with Gasteiger partial charge >= 0.3 is 23.0 Å². The molecule has 180 valence electrons. The van der Waals surface area contributed by atoms with E-state index in [0.717, 1.165) is 10.9 Å². The lowest BCUT2D eigenvalue weighted by Gasteiger charge is -2.23. The zero-order chi connectivity index (χ0) is 24.1. The van der Waals surface area contributed by atoms with Gasteiger partial charge in [0.05, 0.1) is 12.9 Å². The highest BCUT2D eigenvalue weighted by atomic mass is 31.2. The van der Waals surface area contributed by atoms with Crippen molar-refractivity contribution < 1.29 is 57.1 Å². The third kappa shape index (κ3) is 5.88. The van der Waals surface area contributed by atoms with Crippen LogP contribution in [0.5, 0.6) is 0 Å². The fraction of sp³-hybridized carbons (Fsp3) is 0.545. The van der Waals surface area contributed by atoms with Gasteiger partial charge in [-0.2, -0.15) is 4.98 Å². The van der Waals surface area contributed by atoms with E-state index in [4.69, 9.17) is 34.6 Å². The largest absolute Gasteiger partial charge is 0.469 e. The number of nitrogen functional groups attached to an aromatic ring is 1. The van der Waals surface area contributed by atoms with Crippen LogP contribution >= 0.6 is 23.0 Å². The Morgan fingerprint density at radius 3 is 2.47 bits per heavy atom.